The van der Waals surface area contributed by atoms with Crippen LogP contribution in [0.15, 0.2) is 36.4 Å². The molecule has 2 aromatic carbocycles. The Morgan fingerprint density at radius 2 is 1.59 bits per heavy atom. The third-order valence-corrected chi connectivity index (χ3v) is 2.96. The lowest BCUT2D eigenvalue weighted by Gasteiger charge is -2.09. The molecular weight excluding hydrogens is 316 g/mol. The third-order valence-electron chi connectivity index (χ3n) is 2.64. The maximum atomic E-state index is 13.2. The Labute approximate surface area is 129 Å². The molecule has 0 aliphatic carbocycles. The predicted octanol–water partition coefficient (Wildman–Crippen LogP) is 3.36. The quantitative estimate of drug-likeness (QED) is 0.756. The van der Waals surface area contributed by atoms with Crippen molar-refractivity contribution in [3.05, 3.63) is 58.6 Å². The van der Waals surface area contributed by atoms with Gasteiger partial charge in [0.05, 0.1) is 10.6 Å². The molecule has 2 aromatic rings. The topological polar surface area (TPSA) is 84.2 Å². The van der Waals surface area contributed by atoms with Crippen LogP contribution in [0.25, 0.3) is 0 Å². The van der Waals surface area contributed by atoms with Crippen LogP contribution in [0.5, 0.6) is 0 Å². The van der Waals surface area contributed by atoms with Crippen molar-refractivity contribution in [1.82, 2.24) is 0 Å². The van der Waals surface area contributed by atoms with Gasteiger partial charge in [-0.2, -0.15) is 0 Å². The van der Waals surface area contributed by atoms with Gasteiger partial charge in [0.1, 0.15) is 0 Å². The van der Waals surface area contributed by atoms with Crippen molar-refractivity contribution in [2.45, 2.75) is 0 Å². The minimum Gasteiger partial charge on any atom is -0.351 e. The molecule has 0 heterocycles. The Hall–Kier alpha value is -2.67. The second-order valence-corrected chi connectivity index (χ2v) is 4.68. The number of urea groups is 1. The van der Waals surface area contributed by atoms with Crippen molar-refractivity contribution in [2.75, 3.05) is 10.6 Å². The van der Waals surface area contributed by atoms with Crippen molar-refractivity contribution in [2.24, 2.45) is 5.73 Å². The summed E-state index contributed by atoms with van der Waals surface area (Å²) in [5.74, 6) is -3.05. The van der Waals surface area contributed by atoms with E-state index in [4.69, 9.17) is 17.3 Å². The fourth-order valence-electron chi connectivity index (χ4n) is 1.71. The van der Waals surface area contributed by atoms with Crippen LogP contribution >= 0.6 is 11.6 Å². The van der Waals surface area contributed by atoms with E-state index in [-0.39, 0.29) is 10.6 Å². The largest absolute Gasteiger partial charge is 0.351 e. The lowest BCUT2D eigenvalue weighted by atomic mass is 10.2. The van der Waals surface area contributed by atoms with Crippen LogP contribution in [0, 0.1) is 11.6 Å². The highest BCUT2D eigenvalue weighted by molar-refractivity contribution is 6.34. The lowest BCUT2D eigenvalue weighted by molar-refractivity contribution is 0.102. The maximum Gasteiger partial charge on any atom is 0.316 e. The highest BCUT2D eigenvalue weighted by Gasteiger charge is 2.15. The summed E-state index contributed by atoms with van der Waals surface area (Å²) in [5.41, 5.74) is 5.45. The number of hydrogen-bond donors (Lipinski definition) is 3. The number of rotatable bonds is 3. The molecule has 22 heavy (non-hydrogen) atoms. The normalized spacial score (nSPS) is 10.1. The molecule has 2 rings (SSSR count). The van der Waals surface area contributed by atoms with Gasteiger partial charge in [-0.05, 0) is 30.3 Å². The van der Waals surface area contributed by atoms with Crippen LogP contribution in [0.2, 0.25) is 5.02 Å². The van der Waals surface area contributed by atoms with E-state index in [1.807, 2.05) is 0 Å². The van der Waals surface area contributed by atoms with E-state index in [0.29, 0.717) is 17.4 Å². The van der Waals surface area contributed by atoms with Crippen LogP contribution in [0.3, 0.4) is 0 Å². The van der Waals surface area contributed by atoms with E-state index < -0.39 is 23.6 Å². The first-order chi connectivity index (χ1) is 10.4. The summed E-state index contributed by atoms with van der Waals surface area (Å²) in [7, 11) is 0. The number of anilines is 2. The van der Waals surface area contributed by atoms with E-state index in [9.17, 15) is 18.4 Å². The first-order valence-electron chi connectivity index (χ1n) is 5.99. The molecule has 5 nitrogen and oxygen atoms in total. The number of hydrogen-bond acceptors (Lipinski definition) is 2. The van der Waals surface area contributed by atoms with Gasteiger partial charge < -0.3 is 16.4 Å². The molecule has 0 saturated heterocycles. The Morgan fingerprint density at radius 3 is 2.23 bits per heavy atom. The molecule has 0 saturated carbocycles. The molecular formula is C14H10ClF2N3O2. The lowest BCUT2D eigenvalue weighted by Crippen LogP contribution is -2.19. The highest BCUT2D eigenvalue weighted by atomic mass is 35.5. The molecule has 3 amide bonds. The molecule has 0 spiro atoms. The molecule has 4 N–H and O–H groups in total. The SMILES string of the molecule is NC(=O)Nc1cccc(NC(=O)c2cc(F)c(F)cc2Cl)c1. The monoisotopic (exact) mass is 325 g/mol. The Balaban J connectivity index is 2.22. The third kappa shape index (κ3) is 3.70. The molecule has 0 unspecified atom stereocenters. The van der Waals surface area contributed by atoms with Gasteiger partial charge in [0.2, 0.25) is 0 Å². The van der Waals surface area contributed by atoms with Crippen molar-refractivity contribution in [1.29, 1.82) is 0 Å². The molecule has 0 atom stereocenters. The van der Waals surface area contributed by atoms with Crippen LogP contribution in [0.4, 0.5) is 25.0 Å². The summed E-state index contributed by atoms with van der Waals surface area (Å²) >= 11 is 5.72. The molecule has 0 aromatic heterocycles. The second kappa shape index (κ2) is 6.40. The summed E-state index contributed by atoms with van der Waals surface area (Å²) in [5, 5.41) is 4.57. The van der Waals surface area contributed by atoms with E-state index >= 15 is 0 Å². The Bertz CT molecular complexity index is 753. The summed E-state index contributed by atoms with van der Waals surface area (Å²) in [4.78, 5) is 22.8. The van der Waals surface area contributed by atoms with Gasteiger partial charge in [-0.25, -0.2) is 13.6 Å². The van der Waals surface area contributed by atoms with Crippen LogP contribution in [-0.2, 0) is 0 Å². The van der Waals surface area contributed by atoms with Gasteiger partial charge in [-0.1, -0.05) is 17.7 Å². The molecule has 0 bridgehead atoms. The van der Waals surface area contributed by atoms with Crippen LogP contribution < -0.4 is 16.4 Å². The zero-order valence-electron chi connectivity index (χ0n) is 11.0. The molecule has 0 aliphatic rings. The number of nitrogens with one attached hydrogen (secondary N) is 2. The predicted molar refractivity (Wildman–Crippen MR) is 79.0 cm³/mol. The number of primary amides is 1. The summed E-state index contributed by atoms with van der Waals surface area (Å²) in [6.07, 6.45) is 0. The van der Waals surface area contributed by atoms with Gasteiger partial charge in [0, 0.05) is 11.4 Å². The number of amides is 3. The molecule has 8 heteroatoms. The van der Waals surface area contributed by atoms with Crippen LogP contribution in [0.1, 0.15) is 10.4 Å². The van der Waals surface area contributed by atoms with Gasteiger partial charge in [0.25, 0.3) is 5.91 Å². The van der Waals surface area contributed by atoms with Crippen molar-refractivity contribution >= 4 is 34.9 Å². The van der Waals surface area contributed by atoms with Crippen molar-refractivity contribution in [3.8, 4) is 0 Å². The summed E-state index contributed by atoms with van der Waals surface area (Å²) in [6.45, 7) is 0. The zero-order chi connectivity index (χ0) is 16.3. The molecule has 0 radical (unpaired) electrons. The number of nitrogens with two attached hydrogens (primary N) is 1. The van der Waals surface area contributed by atoms with Gasteiger partial charge in [-0.15, -0.1) is 0 Å². The number of carbonyl (C=O) groups excluding carboxylic acids is 2. The fraction of sp³-hybridized carbons (Fsp3) is 0. The van der Waals surface area contributed by atoms with E-state index in [0.717, 1.165) is 6.07 Å². The zero-order valence-corrected chi connectivity index (χ0v) is 11.7. The van der Waals surface area contributed by atoms with E-state index in [1.165, 1.54) is 12.1 Å². The maximum absolute atomic E-state index is 13.2. The van der Waals surface area contributed by atoms with Crippen molar-refractivity contribution in [3.63, 3.8) is 0 Å². The van der Waals surface area contributed by atoms with Crippen LogP contribution in [-0.4, -0.2) is 11.9 Å². The number of carbonyl (C=O) groups is 2. The first kappa shape index (κ1) is 15.7. The molecule has 0 fully saturated rings. The molecule has 114 valence electrons. The molecule has 0 aliphatic heterocycles. The highest BCUT2D eigenvalue weighted by Crippen LogP contribution is 2.22. The smallest absolute Gasteiger partial charge is 0.316 e. The summed E-state index contributed by atoms with van der Waals surface area (Å²) < 4.78 is 26.2. The first-order valence-corrected chi connectivity index (χ1v) is 6.37. The van der Waals surface area contributed by atoms with Gasteiger partial charge >= 0.3 is 6.03 Å². The number of halogens is 3. The average molecular weight is 326 g/mol. The Kier molecular flexibility index (Phi) is 4.57. The van der Waals surface area contributed by atoms with E-state index in [2.05, 4.69) is 10.6 Å². The van der Waals surface area contributed by atoms with E-state index in [1.54, 1.807) is 12.1 Å². The fourth-order valence-corrected chi connectivity index (χ4v) is 1.95. The van der Waals surface area contributed by atoms with Gasteiger partial charge in [-0.3, -0.25) is 4.79 Å². The average Bonchev–Trinajstić information content (AvgIpc) is 2.42. The number of benzene rings is 2. The minimum atomic E-state index is -1.18. The Morgan fingerprint density at radius 1 is 1.00 bits per heavy atom. The second-order valence-electron chi connectivity index (χ2n) is 4.27. The standard InChI is InChI=1S/C14H10ClF2N3O2/c15-10-6-12(17)11(16)5-9(10)13(21)19-7-2-1-3-8(4-7)20-14(18)22/h1-6H,(H,19,21)(H3,18,20,22). The minimum absolute atomic E-state index is 0.214. The van der Waals surface area contributed by atoms with Gasteiger partial charge in [0.15, 0.2) is 11.6 Å². The summed E-state index contributed by atoms with van der Waals surface area (Å²) in [6, 6.07) is 6.77. The van der Waals surface area contributed by atoms with Crippen molar-refractivity contribution < 1.29 is 18.4 Å².